The van der Waals surface area contributed by atoms with E-state index < -0.39 is 0 Å². The van der Waals surface area contributed by atoms with E-state index in [-0.39, 0.29) is 5.91 Å². The lowest BCUT2D eigenvalue weighted by molar-refractivity contribution is 0.0957. The molecule has 0 saturated carbocycles. The molecule has 1 amide bonds. The molecule has 0 spiro atoms. The fraction of sp³-hybridized carbons (Fsp3) is 0.615. The number of nitrogens with one attached hydrogen (secondary N) is 2. The Morgan fingerprint density at radius 2 is 2.32 bits per heavy atom. The maximum absolute atomic E-state index is 11.4. The standard InChI is InChI=1S/C13H21N5O/c1-14-13(19)11-6-7-12(17-16-11)18(2)9-10-5-3-4-8-15-10/h6-7,10,15H,3-5,8-9H2,1-2H3,(H,14,19). The number of nitrogens with zero attached hydrogens (tertiary/aromatic N) is 3. The summed E-state index contributed by atoms with van der Waals surface area (Å²) in [5.74, 6) is 0.579. The molecule has 1 aliphatic rings. The second-order valence-electron chi connectivity index (χ2n) is 4.88. The van der Waals surface area contributed by atoms with Crippen molar-refractivity contribution in [2.24, 2.45) is 0 Å². The smallest absolute Gasteiger partial charge is 0.271 e. The molecule has 1 unspecified atom stereocenters. The van der Waals surface area contributed by atoms with Crippen LogP contribution in [0.5, 0.6) is 0 Å². The molecular formula is C13H21N5O. The minimum Gasteiger partial charge on any atom is -0.357 e. The third-order valence-corrected chi connectivity index (χ3v) is 3.41. The zero-order valence-corrected chi connectivity index (χ0v) is 11.5. The summed E-state index contributed by atoms with van der Waals surface area (Å²) in [5, 5.41) is 14.1. The van der Waals surface area contributed by atoms with Crippen LogP contribution in [0, 0.1) is 0 Å². The molecule has 2 rings (SSSR count). The van der Waals surface area contributed by atoms with Crippen molar-refractivity contribution in [1.82, 2.24) is 20.8 Å². The van der Waals surface area contributed by atoms with Gasteiger partial charge in [-0.1, -0.05) is 6.42 Å². The predicted molar refractivity (Wildman–Crippen MR) is 74.3 cm³/mol. The lowest BCUT2D eigenvalue weighted by Gasteiger charge is -2.28. The highest BCUT2D eigenvalue weighted by Gasteiger charge is 2.16. The van der Waals surface area contributed by atoms with Gasteiger partial charge in [-0.05, 0) is 31.5 Å². The molecule has 1 saturated heterocycles. The van der Waals surface area contributed by atoms with Crippen LogP contribution in [0.4, 0.5) is 5.82 Å². The van der Waals surface area contributed by atoms with Crippen LogP contribution in [-0.2, 0) is 0 Å². The molecule has 19 heavy (non-hydrogen) atoms. The number of aromatic nitrogens is 2. The Kier molecular flexibility index (Phi) is 4.68. The second-order valence-corrected chi connectivity index (χ2v) is 4.88. The van der Waals surface area contributed by atoms with E-state index in [9.17, 15) is 4.79 Å². The lowest BCUT2D eigenvalue weighted by atomic mass is 10.0. The Balaban J connectivity index is 1.94. The van der Waals surface area contributed by atoms with Crippen molar-refractivity contribution in [3.63, 3.8) is 0 Å². The minimum atomic E-state index is -0.212. The first kappa shape index (κ1) is 13.7. The van der Waals surface area contributed by atoms with Crippen LogP contribution in [0.2, 0.25) is 0 Å². The van der Waals surface area contributed by atoms with Crippen molar-refractivity contribution in [1.29, 1.82) is 0 Å². The predicted octanol–water partition coefficient (Wildman–Crippen LogP) is 0.415. The zero-order chi connectivity index (χ0) is 13.7. The van der Waals surface area contributed by atoms with Crippen molar-refractivity contribution in [3.8, 4) is 0 Å². The molecule has 0 aliphatic carbocycles. The first-order valence-electron chi connectivity index (χ1n) is 6.71. The SMILES string of the molecule is CNC(=O)c1ccc(N(C)CC2CCCCN2)nn1. The first-order chi connectivity index (χ1) is 9.20. The Hall–Kier alpha value is -1.69. The van der Waals surface area contributed by atoms with Crippen LogP contribution >= 0.6 is 0 Å². The highest BCUT2D eigenvalue weighted by atomic mass is 16.1. The highest BCUT2D eigenvalue weighted by Crippen LogP contribution is 2.12. The van der Waals surface area contributed by atoms with Crippen LogP contribution in [0.25, 0.3) is 0 Å². The van der Waals surface area contributed by atoms with E-state index in [0.717, 1.165) is 18.9 Å². The summed E-state index contributed by atoms with van der Waals surface area (Å²) in [7, 11) is 3.58. The molecule has 0 aromatic carbocycles. The van der Waals surface area contributed by atoms with Gasteiger partial charge in [-0.3, -0.25) is 4.79 Å². The Morgan fingerprint density at radius 3 is 2.89 bits per heavy atom. The van der Waals surface area contributed by atoms with Crippen LogP contribution in [0.3, 0.4) is 0 Å². The number of hydrogen-bond acceptors (Lipinski definition) is 5. The van der Waals surface area contributed by atoms with Crippen LogP contribution in [0.1, 0.15) is 29.8 Å². The van der Waals surface area contributed by atoms with Gasteiger partial charge in [-0.25, -0.2) is 0 Å². The monoisotopic (exact) mass is 263 g/mol. The maximum atomic E-state index is 11.4. The van der Waals surface area contributed by atoms with Gasteiger partial charge in [0.05, 0.1) is 0 Å². The average molecular weight is 263 g/mol. The Morgan fingerprint density at radius 1 is 1.47 bits per heavy atom. The molecule has 0 radical (unpaired) electrons. The quantitative estimate of drug-likeness (QED) is 0.823. The zero-order valence-electron chi connectivity index (χ0n) is 11.5. The summed E-state index contributed by atoms with van der Waals surface area (Å²) in [6.45, 7) is 2.01. The summed E-state index contributed by atoms with van der Waals surface area (Å²) < 4.78 is 0. The number of anilines is 1. The van der Waals surface area contributed by atoms with E-state index in [2.05, 4.69) is 25.7 Å². The van der Waals surface area contributed by atoms with Gasteiger partial charge in [0.1, 0.15) is 0 Å². The van der Waals surface area contributed by atoms with Gasteiger partial charge < -0.3 is 15.5 Å². The third-order valence-electron chi connectivity index (χ3n) is 3.41. The van der Waals surface area contributed by atoms with Gasteiger partial charge in [0.25, 0.3) is 5.91 Å². The van der Waals surface area contributed by atoms with E-state index in [1.165, 1.54) is 19.3 Å². The molecule has 1 aliphatic heterocycles. The number of rotatable bonds is 4. The van der Waals surface area contributed by atoms with Crippen molar-refractivity contribution < 1.29 is 4.79 Å². The molecule has 1 aromatic heterocycles. The maximum Gasteiger partial charge on any atom is 0.271 e. The molecule has 6 heteroatoms. The van der Waals surface area contributed by atoms with Crippen molar-refractivity contribution in [3.05, 3.63) is 17.8 Å². The summed E-state index contributed by atoms with van der Waals surface area (Å²) in [5.41, 5.74) is 0.343. The molecule has 2 heterocycles. The second kappa shape index (κ2) is 6.47. The van der Waals surface area contributed by atoms with Crippen molar-refractivity contribution >= 4 is 11.7 Å². The van der Waals surface area contributed by atoms with Gasteiger partial charge in [0.15, 0.2) is 11.5 Å². The molecule has 1 aromatic rings. The molecule has 1 atom stereocenters. The molecule has 1 fully saturated rings. The number of amides is 1. The van der Waals surface area contributed by atoms with E-state index >= 15 is 0 Å². The van der Waals surface area contributed by atoms with Gasteiger partial charge in [0, 0.05) is 26.7 Å². The summed E-state index contributed by atoms with van der Waals surface area (Å²) in [4.78, 5) is 13.4. The highest BCUT2D eigenvalue weighted by molar-refractivity contribution is 5.91. The van der Waals surface area contributed by atoms with Crippen molar-refractivity contribution in [2.75, 3.05) is 32.1 Å². The summed E-state index contributed by atoms with van der Waals surface area (Å²) >= 11 is 0. The van der Waals surface area contributed by atoms with E-state index in [4.69, 9.17) is 0 Å². The number of carbonyl (C=O) groups is 1. The van der Waals surface area contributed by atoms with E-state index in [1.54, 1.807) is 13.1 Å². The largest absolute Gasteiger partial charge is 0.357 e. The Labute approximate surface area is 113 Å². The normalized spacial score (nSPS) is 18.9. The molecule has 104 valence electrons. The summed E-state index contributed by atoms with van der Waals surface area (Å²) in [6, 6.07) is 4.05. The van der Waals surface area contributed by atoms with Gasteiger partial charge in [-0.15, -0.1) is 10.2 Å². The fourth-order valence-electron chi connectivity index (χ4n) is 2.28. The van der Waals surface area contributed by atoms with Crippen LogP contribution < -0.4 is 15.5 Å². The van der Waals surface area contributed by atoms with Crippen molar-refractivity contribution in [2.45, 2.75) is 25.3 Å². The van der Waals surface area contributed by atoms with Gasteiger partial charge in [0.2, 0.25) is 0 Å². The van der Waals surface area contributed by atoms with Crippen LogP contribution in [0.15, 0.2) is 12.1 Å². The number of piperidine rings is 1. The molecule has 0 bridgehead atoms. The third kappa shape index (κ3) is 3.64. The minimum absolute atomic E-state index is 0.212. The molecular weight excluding hydrogens is 242 g/mol. The van der Waals surface area contributed by atoms with Crippen LogP contribution in [-0.4, -0.2) is 49.3 Å². The van der Waals surface area contributed by atoms with E-state index in [1.807, 2.05) is 13.1 Å². The van der Waals surface area contributed by atoms with Gasteiger partial charge >= 0.3 is 0 Å². The molecule has 6 nitrogen and oxygen atoms in total. The number of likely N-dealkylation sites (N-methyl/N-ethyl adjacent to an activating group) is 1. The summed E-state index contributed by atoms with van der Waals surface area (Å²) in [6.07, 6.45) is 3.75. The average Bonchev–Trinajstić information content (AvgIpc) is 2.47. The number of hydrogen-bond donors (Lipinski definition) is 2. The fourth-order valence-corrected chi connectivity index (χ4v) is 2.28. The Bertz CT molecular complexity index is 414. The first-order valence-corrected chi connectivity index (χ1v) is 6.71. The topological polar surface area (TPSA) is 70.2 Å². The number of carbonyl (C=O) groups excluding carboxylic acids is 1. The van der Waals surface area contributed by atoms with Gasteiger partial charge in [-0.2, -0.15) is 0 Å². The lowest BCUT2D eigenvalue weighted by Crippen LogP contribution is -2.42. The molecule has 2 N–H and O–H groups in total. The van der Waals surface area contributed by atoms with E-state index in [0.29, 0.717) is 11.7 Å².